The molecule has 1 heterocycles. The smallest absolute Gasteiger partial charge is 0.252 e. The molecule has 0 aliphatic heterocycles. The van der Waals surface area contributed by atoms with Crippen LogP contribution in [0.1, 0.15) is 15.9 Å². The first-order valence-corrected chi connectivity index (χ1v) is 6.13. The molecular weight excluding hydrogens is 252 g/mol. The van der Waals surface area contributed by atoms with E-state index in [1.54, 1.807) is 36.7 Å². The fourth-order valence-electron chi connectivity index (χ4n) is 1.59. The van der Waals surface area contributed by atoms with Gasteiger partial charge in [0.25, 0.3) is 5.91 Å². The quantitative estimate of drug-likeness (QED) is 0.842. The van der Waals surface area contributed by atoms with Crippen LogP contribution in [-0.2, 0) is 6.61 Å². The minimum atomic E-state index is -0.193. The molecule has 4 heteroatoms. The van der Waals surface area contributed by atoms with Crippen molar-refractivity contribution in [1.29, 1.82) is 0 Å². The van der Waals surface area contributed by atoms with Crippen molar-refractivity contribution >= 4 is 5.91 Å². The second-order valence-corrected chi connectivity index (χ2v) is 4.06. The molecule has 0 aliphatic rings. The number of ether oxygens (including phenoxy) is 1. The van der Waals surface area contributed by atoms with Gasteiger partial charge in [0.05, 0.1) is 6.54 Å². The summed E-state index contributed by atoms with van der Waals surface area (Å²) in [5.74, 6) is 2.86. The Labute approximate surface area is 117 Å². The van der Waals surface area contributed by atoms with Gasteiger partial charge >= 0.3 is 0 Å². The SMILES string of the molecule is C#CCNC(=O)c1ccc(OCc2cccnc2)cc1. The lowest BCUT2D eigenvalue weighted by Crippen LogP contribution is -2.23. The Morgan fingerprint density at radius 1 is 1.30 bits per heavy atom. The van der Waals surface area contributed by atoms with Gasteiger partial charge in [-0.25, -0.2) is 0 Å². The minimum absolute atomic E-state index is 0.193. The average Bonchev–Trinajstić information content (AvgIpc) is 2.52. The number of carbonyl (C=O) groups is 1. The summed E-state index contributed by atoms with van der Waals surface area (Å²) in [6.07, 6.45) is 8.55. The van der Waals surface area contributed by atoms with Crippen molar-refractivity contribution in [2.45, 2.75) is 6.61 Å². The van der Waals surface area contributed by atoms with Crippen molar-refractivity contribution in [3.05, 3.63) is 59.9 Å². The van der Waals surface area contributed by atoms with Crippen LogP contribution in [0.15, 0.2) is 48.8 Å². The Hall–Kier alpha value is -2.80. The van der Waals surface area contributed by atoms with Crippen molar-refractivity contribution in [1.82, 2.24) is 10.3 Å². The zero-order chi connectivity index (χ0) is 14.2. The highest BCUT2D eigenvalue weighted by molar-refractivity contribution is 5.94. The molecule has 0 saturated carbocycles. The Morgan fingerprint density at radius 2 is 2.10 bits per heavy atom. The molecule has 2 rings (SSSR count). The van der Waals surface area contributed by atoms with Gasteiger partial charge in [-0.15, -0.1) is 6.42 Å². The molecule has 1 aromatic carbocycles. The predicted octanol–water partition coefficient (Wildman–Crippen LogP) is 2.02. The van der Waals surface area contributed by atoms with Gasteiger partial charge in [-0.05, 0) is 30.3 Å². The maximum Gasteiger partial charge on any atom is 0.252 e. The van der Waals surface area contributed by atoms with E-state index in [-0.39, 0.29) is 12.5 Å². The zero-order valence-corrected chi connectivity index (χ0v) is 10.9. The number of terminal acetylenes is 1. The third-order valence-electron chi connectivity index (χ3n) is 2.60. The molecule has 100 valence electrons. The molecule has 1 amide bonds. The topological polar surface area (TPSA) is 51.2 Å². The normalized spacial score (nSPS) is 9.55. The van der Waals surface area contributed by atoms with E-state index in [1.165, 1.54) is 0 Å². The molecule has 0 bridgehead atoms. The molecule has 20 heavy (non-hydrogen) atoms. The van der Waals surface area contributed by atoms with Crippen LogP contribution in [-0.4, -0.2) is 17.4 Å². The number of rotatable bonds is 5. The highest BCUT2D eigenvalue weighted by Gasteiger charge is 2.04. The van der Waals surface area contributed by atoms with Gasteiger partial charge < -0.3 is 10.1 Å². The zero-order valence-electron chi connectivity index (χ0n) is 10.9. The van der Waals surface area contributed by atoms with E-state index >= 15 is 0 Å². The number of aromatic nitrogens is 1. The van der Waals surface area contributed by atoms with E-state index in [4.69, 9.17) is 11.2 Å². The summed E-state index contributed by atoms with van der Waals surface area (Å²) in [5.41, 5.74) is 1.54. The summed E-state index contributed by atoms with van der Waals surface area (Å²) in [4.78, 5) is 15.7. The largest absolute Gasteiger partial charge is 0.489 e. The number of amides is 1. The number of pyridine rings is 1. The number of benzene rings is 1. The van der Waals surface area contributed by atoms with E-state index in [9.17, 15) is 4.79 Å². The van der Waals surface area contributed by atoms with E-state index in [2.05, 4.69) is 16.2 Å². The Balaban J connectivity index is 1.92. The third-order valence-corrected chi connectivity index (χ3v) is 2.60. The first-order valence-electron chi connectivity index (χ1n) is 6.13. The molecule has 0 radical (unpaired) electrons. The van der Waals surface area contributed by atoms with Gasteiger partial charge in [-0.2, -0.15) is 0 Å². The summed E-state index contributed by atoms with van der Waals surface area (Å²) in [7, 11) is 0. The lowest BCUT2D eigenvalue weighted by Gasteiger charge is -2.07. The summed E-state index contributed by atoms with van der Waals surface area (Å²) >= 11 is 0. The second-order valence-electron chi connectivity index (χ2n) is 4.06. The van der Waals surface area contributed by atoms with Gasteiger partial charge in [0.2, 0.25) is 0 Å². The maximum atomic E-state index is 11.6. The van der Waals surface area contributed by atoms with Gasteiger partial charge in [-0.3, -0.25) is 9.78 Å². The van der Waals surface area contributed by atoms with Crippen LogP contribution in [0.5, 0.6) is 5.75 Å². The van der Waals surface area contributed by atoms with Gasteiger partial charge in [0.15, 0.2) is 0 Å². The second kappa shape index (κ2) is 6.95. The molecule has 4 nitrogen and oxygen atoms in total. The van der Waals surface area contributed by atoms with Crippen molar-refractivity contribution < 1.29 is 9.53 Å². The highest BCUT2D eigenvalue weighted by atomic mass is 16.5. The monoisotopic (exact) mass is 266 g/mol. The van der Waals surface area contributed by atoms with E-state index in [1.807, 2.05) is 12.1 Å². The van der Waals surface area contributed by atoms with E-state index < -0.39 is 0 Å². The first kappa shape index (κ1) is 13.6. The summed E-state index contributed by atoms with van der Waals surface area (Å²) in [6.45, 7) is 0.661. The average molecular weight is 266 g/mol. The number of nitrogens with one attached hydrogen (secondary N) is 1. The molecule has 0 spiro atoms. The summed E-state index contributed by atoms with van der Waals surface area (Å²) in [5, 5.41) is 2.60. The fraction of sp³-hybridized carbons (Fsp3) is 0.125. The molecule has 0 atom stereocenters. The lowest BCUT2D eigenvalue weighted by atomic mass is 10.2. The number of hydrogen-bond acceptors (Lipinski definition) is 3. The molecule has 1 N–H and O–H groups in total. The number of hydrogen-bond donors (Lipinski definition) is 1. The van der Waals surface area contributed by atoms with Crippen LogP contribution in [0.2, 0.25) is 0 Å². The van der Waals surface area contributed by atoms with Crippen molar-refractivity contribution in [3.63, 3.8) is 0 Å². The predicted molar refractivity (Wildman–Crippen MR) is 76.2 cm³/mol. The first-order chi connectivity index (χ1) is 9.79. The molecule has 0 saturated heterocycles. The fourth-order valence-corrected chi connectivity index (χ4v) is 1.59. The van der Waals surface area contributed by atoms with Crippen molar-refractivity contribution in [2.24, 2.45) is 0 Å². The van der Waals surface area contributed by atoms with Crippen LogP contribution in [0, 0.1) is 12.3 Å². The van der Waals surface area contributed by atoms with Crippen molar-refractivity contribution in [3.8, 4) is 18.1 Å². The maximum absolute atomic E-state index is 11.6. The molecule has 0 unspecified atom stereocenters. The standard InChI is InChI=1S/C16H14N2O2/c1-2-9-18-16(19)14-5-7-15(8-6-14)20-12-13-4-3-10-17-11-13/h1,3-8,10-11H,9,12H2,(H,18,19). The Kier molecular flexibility index (Phi) is 4.74. The minimum Gasteiger partial charge on any atom is -0.489 e. The molecule has 1 aromatic heterocycles. The highest BCUT2D eigenvalue weighted by Crippen LogP contribution is 2.14. The summed E-state index contributed by atoms with van der Waals surface area (Å²) < 4.78 is 5.60. The Bertz CT molecular complexity index is 601. The third kappa shape index (κ3) is 3.85. The number of nitrogens with zero attached hydrogens (tertiary/aromatic N) is 1. The molecular formula is C16H14N2O2. The van der Waals surface area contributed by atoms with Gasteiger partial charge in [0, 0.05) is 23.5 Å². The van der Waals surface area contributed by atoms with Crippen LogP contribution >= 0.6 is 0 Å². The van der Waals surface area contributed by atoms with Crippen LogP contribution in [0.4, 0.5) is 0 Å². The lowest BCUT2D eigenvalue weighted by molar-refractivity contribution is 0.0958. The van der Waals surface area contributed by atoms with Crippen LogP contribution in [0.3, 0.4) is 0 Å². The molecule has 2 aromatic rings. The Morgan fingerprint density at radius 3 is 2.75 bits per heavy atom. The van der Waals surface area contributed by atoms with E-state index in [0.29, 0.717) is 17.9 Å². The van der Waals surface area contributed by atoms with Crippen molar-refractivity contribution in [2.75, 3.05) is 6.54 Å². The molecule has 0 fully saturated rings. The van der Waals surface area contributed by atoms with Gasteiger partial charge in [-0.1, -0.05) is 12.0 Å². The number of carbonyl (C=O) groups excluding carboxylic acids is 1. The van der Waals surface area contributed by atoms with Crippen LogP contribution in [0.25, 0.3) is 0 Å². The van der Waals surface area contributed by atoms with Gasteiger partial charge in [0.1, 0.15) is 12.4 Å². The summed E-state index contributed by atoms with van der Waals surface area (Å²) in [6, 6.07) is 10.7. The van der Waals surface area contributed by atoms with E-state index in [0.717, 1.165) is 5.56 Å². The van der Waals surface area contributed by atoms with Crippen LogP contribution < -0.4 is 10.1 Å². The molecule has 0 aliphatic carbocycles.